The van der Waals surface area contributed by atoms with Crippen LogP contribution in [-0.2, 0) is 16.6 Å². The molecule has 0 aliphatic carbocycles. The van der Waals surface area contributed by atoms with Crippen molar-refractivity contribution in [1.82, 2.24) is 5.32 Å². The highest BCUT2D eigenvalue weighted by Crippen LogP contribution is 2.23. The number of hydrogen-bond donors (Lipinski definition) is 2. The number of anilines is 1. The van der Waals surface area contributed by atoms with Crippen molar-refractivity contribution in [3.05, 3.63) is 46.4 Å². The molecule has 0 bridgehead atoms. The highest BCUT2D eigenvalue weighted by molar-refractivity contribution is 9.10. The number of sulfonamides is 1. The van der Waals surface area contributed by atoms with Gasteiger partial charge in [-0.2, -0.15) is 8.42 Å². The zero-order valence-electron chi connectivity index (χ0n) is 11.2. The Morgan fingerprint density at radius 3 is 2.71 bits per heavy atom. The second-order valence-electron chi connectivity index (χ2n) is 4.23. The first-order valence-electron chi connectivity index (χ1n) is 6.19. The molecule has 1 aromatic heterocycles. The molecule has 0 saturated heterocycles. The number of hydrogen-bond acceptors (Lipinski definition) is 4. The molecule has 0 saturated carbocycles. The number of benzene rings is 1. The van der Waals surface area contributed by atoms with Crippen molar-refractivity contribution < 1.29 is 17.2 Å². The van der Waals surface area contributed by atoms with Crippen molar-refractivity contribution in [2.75, 3.05) is 11.3 Å². The van der Waals surface area contributed by atoms with Crippen molar-refractivity contribution >= 4 is 31.6 Å². The number of halogens is 2. The van der Waals surface area contributed by atoms with Gasteiger partial charge in [-0.15, -0.1) is 0 Å². The summed E-state index contributed by atoms with van der Waals surface area (Å²) in [6.07, 6.45) is 0. The van der Waals surface area contributed by atoms with E-state index in [1.807, 2.05) is 6.92 Å². The Hall–Kier alpha value is -1.38. The van der Waals surface area contributed by atoms with Crippen LogP contribution in [0, 0.1) is 5.82 Å². The molecule has 0 radical (unpaired) electrons. The minimum Gasteiger partial charge on any atom is -0.446 e. The quantitative estimate of drug-likeness (QED) is 0.812. The van der Waals surface area contributed by atoms with Gasteiger partial charge in [0.1, 0.15) is 11.6 Å². The minimum absolute atomic E-state index is 0.136. The van der Waals surface area contributed by atoms with Crippen molar-refractivity contribution in [2.45, 2.75) is 18.6 Å². The van der Waals surface area contributed by atoms with Gasteiger partial charge in [0.05, 0.1) is 12.2 Å². The van der Waals surface area contributed by atoms with E-state index in [0.717, 1.165) is 6.54 Å². The first kappa shape index (κ1) is 16.0. The minimum atomic E-state index is -3.95. The lowest BCUT2D eigenvalue weighted by atomic mass is 10.3. The molecule has 0 aliphatic rings. The summed E-state index contributed by atoms with van der Waals surface area (Å²) >= 11 is 3.11. The van der Waals surface area contributed by atoms with Gasteiger partial charge in [0.2, 0.25) is 5.09 Å². The van der Waals surface area contributed by atoms with E-state index in [1.54, 1.807) is 12.1 Å². The third-order valence-electron chi connectivity index (χ3n) is 2.63. The Morgan fingerprint density at radius 2 is 2.05 bits per heavy atom. The second kappa shape index (κ2) is 6.59. The molecule has 0 unspecified atom stereocenters. The summed E-state index contributed by atoms with van der Waals surface area (Å²) in [5.41, 5.74) is -0.136. The fraction of sp³-hybridized carbons (Fsp3) is 0.231. The molecule has 2 aromatic rings. The predicted octanol–water partition coefficient (Wildman–Crippen LogP) is 3.09. The summed E-state index contributed by atoms with van der Waals surface area (Å²) in [6.45, 7) is 3.10. The van der Waals surface area contributed by atoms with Gasteiger partial charge < -0.3 is 9.73 Å². The van der Waals surface area contributed by atoms with Gasteiger partial charge >= 0.3 is 0 Å². The van der Waals surface area contributed by atoms with Crippen LogP contribution in [0.15, 0.2) is 44.3 Å². The van der Waals surface area contributed by atoms with Gasteiger partial charge in [-0.3, -0.25) is 4.72 Å². The van der Waals surface area contributed by atoms with Crippen LogP contribution < -0.4 is 10.0 Å². The van der Waals surface area contributed by atoms with Crippen LogP contribution in [0.4, 0.5) is 10.1 Å². The van der Waals surface area contributed by atoms with Crippen LogP contribution >= 0.6 is 15.9 Å². The second-order valence-corrected chi connectivity index (χ2v) is 6.76. The molecule has 8 heteroatoms. The van der Waals surface area contributed by atoms with Crippen molar-refractivity contribution in [3.8, 4) is 0 Å². The summed E-state index contributed by atoms with van der Waals surface area (Å²) in [4.78, 5) is 0. The van der Waals surface area contributed by atoms with E-state index >= 15 is 0 Å². The predicted molar refractivity (Wildman–Crippen MR) is 81.0 cm³/mol. The zero-order chi connectivity index (χ0) is 15.5. The summed E-state index contributed by atoms with van der Waals surface area (Å²) in [6, 6.07) is 6.96. The SMILES string of the molecule is CCNCc1ccc(S(=O)(=O)Nc2ccc(Br)cc2F)o1. The summed E-state index contributed by atoms with van der Waals surface area (Å²) in [7, 11) is -3.95. The largest absolute Gasteiger partial charge is 0.446 e. The molecule has 21 heavy (non-hydrogen) atoms. The standard InChI is InChI=1S/C13H14BrFN2O3S/c1-2-16-8-10-4-6-13(20-10)21(18,19)17-12-5-3-9(14)7-11(12)15/h3-7,16-17H,2,8H2,1H3. The molecule has 0 spiro atoms. The Labute approximate surface area is 130 Å². The average Bonchev–Trinajstić information content (AvgIpc) is 2.89. The average molecular weight is 377 g/mol. The molecule has 114 valence electrons. The molecular weight excluding hydrogens is 363 g/mol. The van der Waals surface area contributed by atoms with Crippen LogP contribution in [0.3, 0.4) is 0 Å². The van der Waals surface area contributed by atoms with Crippen LogP contribution in [0.1, 0.15) is 12.7 Å². The summed E-state index contributed by atoms with van der Waals surface area (Å²) in [5.74, 6) is -0.180. The van der Waals surface area contributed by atoms with E-state index in [1.165, 1.54) is 18.2 Å². The monoisotopic (exact) mass is 376 g/mol. The zero-order valence-corrected chi connectivity index (χ0v) is 13.6. The molecule has 1 aromatic carbocycles. The van der Waals surface area contributed by atoms with Gasteiger partial charge in [-0.25, -0.2) is 4.39 Å². The van der Waals surface area contributed by atoms with Crippen LogP contribution in [0.2, 0.25) is 0 Å². The Bertz CT molecular complexity index is 731. The van der Waals surface area contributed by atoms with Gasteiger partial charge in [-0.05, 0) is 36.9 Å². The van der Waals surface area contributed by atoms with E-state index in [0.29, 0.717) is 16.8 Å². The van der Waals surface area contributed by atoms with E-state index < -0.39 is 15.8 Å². The van der Waals surface area contributed by atoms with E-state index in [9.17, 15) is 12.8 Å². The number of furan rings is 1. The molecule has 0 atom stereocenters. The molecule has 0 fully saturated rings. The third kappa shape index (κ3) is 4.05. The fourth-order valence-electron chi connectivity index (χ4n) is 1.61. The lowest BCUT2D eigenvalue weighted by Crippen LogP contribution is -2.13. The normalized spacial score (nSPS) is 11.6. The van der Waals surface area contributed by atoms with Crippen molar-refractivity contribution in [3.63, 3.8) is 0 Å². The maximum Gasteiger partial charge on any atom is 0.295 e. The van der Waals surface area contributed by atoms with Crippen molar-refractivity contribution in [2.24, 2.45) is 0 Å². The fourth-order valence-corrected chi connectivity index (χ4v) is 2.97. The first-order chi connectivity index (χ1) is 9.92. The van der Waals surface area contributed by atoms with Crippen LogP contribution in [-0.4, -0.2) is 15.0 Å². The first-order valence-corrected chi connectivity index (χ1v) is 8.47. The molecule has 1 heterocycles. The van der Waals surface area contributed by atoms with Crippen molar-refractivity contribution in [1.29, 1.82) is 0 Å². The maximum absolute atomic E-state index is 13.7. The van der Waals surface area contributed by atoms with E-state index in [-0.39, 0.29) is 10.8 Å². The molecule has 5 nitrogen and oxygen atoms in total. The molecular formula is C13H14BrFN2O3S. The maximum atomic E-state index is 13.7. The van der Waals surface area contributed by atoms with Crippen LogP contribution in [0.5, 0.6) is 0 Å². The summed E-state index contributed by atoms with van der Waals surface area (Å²) < 4.78 is 45.8. The number of nitrogens with one attached hydrogen (secondary N) is 2. The third-order valence-corrected chi connectivity index (χ3v) is 4.36. The number of rotatable bonds is 6. The van der Waals surface area contributed by atoms with E-state index in [2.05, 4.69) is 26.0 Å². The van der Waals surface area contributed by atoms with Crippen LogP contribution in [0.25, 0.3) is 0 Å². The molecule has 0 amide bonds. The molecule has 2 rings (SSSR count). The van der Waals surface area contributed by atoms with Gasteiger partial charge in [0, 0.05) is 4.47 Å². The lowest BCUT2D eigenvalue weighted by molar-refractivity contribution is 0.405. The Kier molecular flexibility index (Phi) is 5.02. The summed E-state index contributed by atoms with van der Waals surface area (Å²) in [5, 5.41) is 2.77. The Morgan fingerprint density at radius 1 is 1.29 bits per heavy atom. The smallest absolute Gasteiger partial charge is 0.295 e. The van der Waals surface area contributed by atoms with Gasteiger partial charge in [-0.1, -0.05) is 22.9 Å². The topological polar surface area (TPSA) is 71.3 Å². The van der Waals surface area contributed by atoms with Gasteiger partial charge in [0.15, 0.2) is 0 Å². The highest BCUT2D eigenvalue weighted by Gasteiger charge is 2.20. The van der Waals surface area contributed by atoms with E-state index in [4.69, 9.17) is 4.42 Å². The Balaban J connectivity index is 2.19. The lowest BCUT2D eigenvalue weighted by Gasteiger charge is -2.07. The van der Waals surface area contributed by atoms with Gasteiger partial charge in [0.25, 0.3) is 10.0 Å². The molecule has 0 aliphatic heterocycles. The highest BCUT2D eigenvalue weighted by atomic mass is 79.9. The molecule has 2 N–H and O–H groups in total.